The van der Waals surface area contributed by atoms with E-state index in [9.17, 15) is 5.11 Å². The molecule has 0 aromatic heterocycles. The van der Waals surface area contributed by atoms with Gasteiger partial charge in [0, 0.05) is 9.50 Å². The second-order valence-corrected chi connectivity index (χ2v) is 4.26. The fourth-order valence-electron chi connectivity index (χ4n) is 1.20. The Bertz CT molecular complexity index is 288. The maximum absolute atomic E-state index is 9.72. The van der Waals surface area contributed by atoms with Gasteiger partial charge in [-0.2, -0.15) is 0 Å². The van der Waals surface area contributed by atoms with Gasteiger partial charge >= 0.3 is 0 Å². The van der Waals surface area contributed by atoms with Gasteiger partial charge in [-0.05, 0) is 24.1 Å². The van der Waals surface area contributed by atoms with Gasteiger partial charge in [-0.1, -0.05) is 46.9 Å². The van der Waals surface area contributed by atoms with Crippen LogP contribution in [0.2, 0.25) is 5.02 Å². The van der Waals surface area contributed by atoms with Gasteiger partial charge in [0.2, 0.25) is 0 Å². The van der Waals surface area contributed by atoms with Crippen LogP contribution in [-0.2, 0) is 0 Å². The summed E-state index contributed by atoms with van der Waals surface area (Å²) in [6.45, 7) is 2.05. The molecule has 0 aliphatic heterocycles. The molecule has 72 valence electrons. The third-order valence-electron chi connectivity index (χ3n) is 1.88. The highest BCUT2D eigenvalue weighted by molar-refractivity contribution is 9.10. The summed E-state index contributed by atoms with van der Waals surface area (Å²) in [6, 6.07) is 5.45. The Kier molecular flexibility index (Phi) is 4.23. The predicted molar refractivity (Wildman–Crippen MR) is 59.0 cm³/mol. The smallest absolute Gasteiger partial charge is 0.0800 e. The van der Waals surface area contributed by atoms with E-state index in [2.05, 4.69) is 15.9 Å². The first-order valence-corrected chi connectivity index (χ1v) is 5.45. The molecule has 1 N–H and O–H groups in total. The lowest BCUT2D eigenvalue weighted by molar-refractivity contribution is 0.166. The Morgan fingerprint density at radius 3 is 2.77 bits per heavy atom. The van der Waals surface area contributed by atoms with Crippen molar-refractivity contribution >= 4 is 27.5 Å². The second-order valence-electron chi connectivity index (χ2n) is 2.97. The maximum atomic E-state index is 9.72. The monoisotopic (exact) mass is 262 g/mol. The van der Waals surface area contributed by atoms with Crippen molar-refractivity contribution in [2.45, 2.75) is 25.9 Å². The van der Waals surface area contributed by atoms with Gasteiger partial charge in [0.05, 0.1) is 6.10 Å². The van der Waals surface area contributed by atoms with Crippen LogP contribution in [-0.4, -0.2) is 5.11 Å². The molecule has 0 heterocycles. The van der Waals surface area contributed by atoms with Gasteiger partial charge in [0.15, 0.2) is 0 Å². The van der Waals surface area contributed by atoms with Crippen LogP contribution in [0.5, 0.6) is 0 Å². The van der Waals surface area contributed by atoms with E-state index in [0.717, 1.165) is 22.9 Å². The average Bonchev–Trinajstić information content (AvgIpc) is 2.04. The zero-order chi connectivity index (χ0) is 9.84. The molecular formula is C10H12BrClO. The molecule has 0 radical (unpaired) electrons. The van der Waals surface area contributed by atoms with Crippen molar-refractivity contribution in [3.05, 3.63) is 33.3 Å². The molecule has 0 spiro atoms. The Morgan fingerprint density at radius 1 is 1.54 bits per heavy atom. The van der Waals surface area contributed by atoms with Gasteiger partial charge in [-0.3, -0.25) is 0 Å². The third kappa shape index (κ3) is 2.97. The molecule has 1 rings (SSSR count). The van der Waals surface area contributed by atoms with Crippen LogP contribution >= 0.6 is 27.5 Å². The topological polar surface area (TPSA) is 20.2 Å². The summed E-state index contributed by atoms with van der Waals surface area (Å²) in [5.41, 5.74) is 0.909. The first-order valence-electron chi connectivity index (χ1n) is 4.28. The highest BCUT2D eigenvalue weighted by atomic mass is 79.9. The summed E-state index contributed by atoms with van der Waals surface area (Å²) in [5.74, 6) is 0. The van der Waals surface area contributed by atoms with Crippen LogP contribution < -0.4 is 0 Å². The number of aliphatic hydroxyl groups is 1. The van der Waals surface area contributed by atoms with E-state index in [1.807, 2.05) is 13.0 Å². The molecule has 1 atom stereocenters. The molecular weight excluding hydrogens is 251 g/mol. The minimum Gasteiger partial charge on any atom is -0.388 e. The highest BCUT2D eigenvalue weighted by Gasteiger charge is 2.09. The number of halogens is 2. The number of hydrogen-bond acceptors (Lipinski definition) is 1. The number of hydrogen-bond donors (Lipinski definition) is 1. The molecule has 0 aliphatic rings. The van der Waals surface area contributed by atoms with Gasteiger partial charge in [-0.15, -0.1) is 0 Å². The minimum absolute atomic E-state index is 0.392. The largest absolute Gasteiger partial charge is 0.388 e. The number of benzene rings is 1. The molecule has 3 heteroatoms. The molecule has 0 bridgehead atoms. The van der Waals surface area contributed by atoms with Crippen LogP contribution in [0.4, 0.5) is 0 Å². The van der Waals surface area contributed by atoms with Gasteiger partial charge in [0.1, 0.15) is 0 Å². The molecule has 0 unspecified atom stereocenters. The summed E-state index contributed by atoms with van der Waals surface area (Å²) in [5, 5.41) is 10.4. The van der Waals surface area contributed by atoms with Crippen LogP contribution in [0.3, 0.4) is 0 Å². The fourth-order valence-corrected chi connectivity index (χ4v) is 2.15. The molecule has 0 saturated heterocycles. The van der Waals surface area contributed by atoms with E-state index in [-0.39, 0.29) is 0 Å². The van der Waals surface area contributed by atoms with Crippen molar-refractivity contribution in [1.29, 1.82) is 0 Å². The lowest BCUT2D eigenvalue weighted by atomic mass is 10.1. The van der Waals surface area contributed by atoms with Crippen molar-refractivity contribution < 1.29 is 5.11 Å². The van der Waals surface area contributed by atoms with E-state index < -0.39 is 6.10 Å². The molecule has 13 heavy (non-hydrogen) atoms. The van der Waals surface area contributed by atoms with Gasteiger partial charge < -0.3 is 5.11 Å². The molecule has 1 nitrogen and oxygen atoms in total. The first kappa shape index (κ1) is 11.0. The Hall–Kier alpha value is -0.0500. The second kappa shape index (κ2) is 4.99. The number of rotatable bonds is 3. The third-order valence-corrected chi connectivity index (χ3v) is 2.81. The lowest BCUT2D eigenvalue weighted by Crippen LogP contribution is -1.97. The summed E-state index contributed by atoms with van der Waals surface area (Å²) in [7, 11) is 0. The van der Waals surface area contributed by atoms with E-state index in [1.165, 1.54) is 0 Å². The highest BCUT2D eigenvalue weighted by Crippen LogP contribution is 2.28. The minimum atomic E-state index is -0.392. The summed E-state index contributed by atoms with van der Waals surface area (Å²) < 4.78 is 0.876. The SMILES string of the molecule is CCC[C@H](O)c1ccc(Cl)cc1Br. The van der Waals surface area contributed by atoms with Crippen LogP contribution in [0.1, 0.15) is 31.4 Å². The Balaban J connectivity index is 2.88. The van der Waals surface area contributed by atoms with Crippen molar-refractivity contribution in [2.24, 2.45) is 0 Å². The molecule has 0 fully saturated rings. The van der Waals surface area contributed by atoms with Gasteiger partial charge in [0.25, 0.3) is 0 Å². The summed E-state index contributed by atoms with van der Waals surface area (Å²) in [6.07, 6.45) is 1.35. The average molecular weight is 264 g/mol. The normalized spacial score (nSPS) is 12.9. The summed E-state index contributed by atoms with van der Waals surface area (Å²) in [4.78, 5) is 0. The van der Waals surface area contributed by atoms with Crippen LogP contribution in [0.15, 0.2) is 22.7 Å². The number of aliphatic hydroxyl groups excluding tert-OH is 1. The lowest BCUT2D eigenvalue weighted by Gasteiger charge is -2.11. The Labute approximate surface area is 91.9 Å². The van der Waals surface area contributed by atoms with E-state index >= 15 is 0 Å². The molecule has 0 amide bonds. The molecule has 1 aromatic rings. The van der Waals surface area contributed by atoms with Crippen molar-refractivity contribution in [3.63, 3.8) is 0 Å². The molecule has 0 aliphatic carbocycles. The van der Waals surface area contributed by atoms with E-state index in [4.69, 9.17) is 11.6 Å². The van der Waals surface area contributed by atoms with Crippen molar-refractivity contribution in [2.75, 3.05) is 0 Å². The standard InChI is InChI=1S/C10H12BrClO/c1-2-3-10(13)8-5-4-7(12)6-9(8)11/h4-6,10,13H,2-3H2,1H3/t10-/m0/s1. The quantitative estimate of drug-likeness (QED) is 0.876. The van der Waals surface area contributed by atoms with Gasteiger partial charge in [-0.25, -0.2) is 0 Å². The van der Waals surface area contributed by atoms with E-state index in [0.29, 0.717) is 5.02 Å². The fraction of sp³-hybridized carbons (Fsp3) is 0.400. The van der Waals surface area contributed by atoms with Crippen LogP contribution in [0, 0.1) is 0 Å². The predicted octanol–water partition coefficient (Wildman–Crippen LogP) is 3.94. The first-order chi connectivity index (χ1) is 6.15. The van der Waals surface area contributed by atoms with Crippen LogP contribution in [0.25, 0.3) is 0 Å². The van der Waals surface area contributed by atoms with E-state index in [1.54, 1.807) is 12.1 Å². The van der Waals surface area contributed by atoms with Crippen molar-refractivity contribution in [3.8, 4) is 0 Å². The van der Waals surface area contributed by atoms with Crippen molar-refractivity contribution in [1.82, 2.24) is 0 Å². The molecule has 0 saturated carbocycles. The summed E-state index contributed by atoms with van der Waals surface area (Å²) >= 11 is 9.16. The molecule has 1 aromatic carbocycles. The zero-order valence-electron chi connectivity index (χ0n) is 7.43. The Morgan fingerprint density at radius 2 is 2.23 bits per heavy atom. The maximum Gasteiger partial charge on any atom is 0.0800 e. The zero-order valence-corrected chi connectivity index (χ0v) is 9.77.